The number of carbonyl (C=O) groups excluding carboxylic acids is 2. The summed E-state index contributed by atoms with van der Waals surface area (Å²) in [4.78, 5) is 26.3. The molecule has 0 aliphatic carbocycles. The van der Waals surface area contributed by atoms with Gasteiger partial charge in [-0.2, -0.15) is 0 Å². The van der Waals surface area contributed by atoms with Gasteiger partial charge in [-0.25, -0.2) is 9.59 Å². The van der Waals surface area contributed by atoms with Gasteiger partial charge in [-0.05, 0) is 130 Å². The second-order valence-corrected chi connectivity index (χ2v) is 23.0. The molecule has 4 N–H and O–H groups in total. The largest absolute Gasteiger partial charge is 0.444 e. The molecule has 12 aromatic carbocycles. The summed E-state index contributed by atoms with van der Waals surface area (Å²) in [5, 5.41) is 40.0. The number of benzene rings is 12. The van der Waals surface area contributed by atoms with Crippen LogP contribution in [-0.4, -0.2) is 33.6 Å². The summed E-state index contributed by atoms with van der Waals surface area (Å²) >= 11 is 0. The standard InChI is InChI=1S/2C38H33NO3/c2*1-37(2,3)42-36(40)39-33-25-23-27-15-11-13-21-31(27)35(33)34-30-20-12-10-14-26(30)22-24-32(34)38(41,28-16-6-4-7-17-28)29-18-8-5-9-19-29/h2*4-25,41H,1-3H3,(H,39,40). The number of nitrogens with one attached hydrogen (secondary N) is 2. The van der Waals surface area contributed by atoms with Crippen LogP contribution < -0.4 is 10.6 Å². The summed E-state index contributed by atoms with van der Waals surface area (Å²) in [5.41, 5.74) is 4.60. The van der Waals surface area contributed by atoms with Crippen LogP contribution in [0.5, 0.6) is 0 Å². The molecule has 8 heteroatoms. The summed E-state index contributed by atoms with van der Waals surface area (Å²) in [5.74, 6) is 0. The predicted octanol–water partition coefficient (Wildman–Crippen LogP) is 18.6. The van der Waals surface area contributed by atoms with Gasteiger partial charge in [0.25, 0.3) is 0 Å². The van der Waals surface area contributed by atoms with Gasteiger partial charge in [-0.1, -0.05) is 255 Å². The number of hydrogen-bond acceptors (Lipinski definition) is 6. The first-order valence-electron chi connectivity index (χ1n) is 28.3. The Balaban J connectivity index is 0.000000175. The van der Waals surface area contributed by atoms with Crippen molar-refractivity contribution in [3.05, 3.63) is 300 Å². The van der Waals surface area contributed by atoms with E-state index in [0.717, 1.165) is 87.6 Å². The van der Waals surface area contributed by atoms with Crippen LogP contribution in [0, 0.1) is 0 Å². The van der Waals surface area contributed by atoms with E-state index >= 15 is 0 Å². The molecule has 84 heavy (non-hydrogen) atoms. The van der Waals surface area contributed by atoms with E-state index in [1.807, 2.05) is 248 Å². The molecule has 0 fully saturated rings. The molecule has 12 rings (SSSR count). The zero-order chi connectivity index (χ0) is 58.6. The maximum atomic E-state index is 13.2. The van der Waals surface area contributed by atoms with Crippen molar-refractivity contribution >= 4 is 66.7 Å². The molecule has 8 nitrogen and oxygen atoms in total. The summed E-state index contributed by atoms with van der Waals surface area (Å²) in [6, 6.07) is 87.4. The number of carbonyl (C=O) groups is 2. The summed E-state index contributed by atoms with van der Waals surface area (Å²) in [6.45, 7) is 11.1. The van der Waals surface area contributed by atoms with Crippen molar-refractivity contribution in [2.24, 2.45) is 0 Å². The highest BCUT2D eigenvalue weighted by molar-refractivity contribution is 6.14. The van der Waals surface area contributed by atoms with E-state index < -0.39 is 34.6 Å². The van der Waals surface area contributed by atoms with E-state index in [1.54, 1.807) is 0 Å². The van der Waals surface area contributed by atoms with Crippen molar-refractivity contribution in [3.8, 4) is 22.3 Å². The first kappa shape index (κ1) is 56.0. The minimum Gasteiger partial charge on any atom is -0.444 e. The van der Waals surface area contributed by atoms with Gasteiger partial charge in [0.15, 0.2) is 0 Å². The number of anilines is 2. The van der Waals surface area contributed by atoms with Crippen LogP contribution in [0.2, 0.25) is 0 Å². The molecule has 0 aromatic heterocycles. The van der Waals surface area contributed by atoms with Crippen molar-refractivity contribution in [3.63, 3.8) is 0 Å². The van der Waals surface area contributed by atoms with Gasteiger partial charge >= 0.3 is 12.2 Å². The molecule has 0 heterocycles. The van der Waals surface area contributed by atoms with Crippen molar-refractivity contribution in [2.45, 2.75) is 63.9 Å². The molecule has 0 radical (unpaired) electrons. The lowest BCUT2D eigenvalue weighted by molar-refractivity contribution is 0.0624. The van der Waals surface area contributed by atoms with Crippen molar-refractivity contribution in [1.82, 2.24) is 0 Å². The van der Waals surface area contributed by atoms with E-state index in [4.69, 9.17) is 9.47 Å². The van der Waals surface area contributed by atoms with Crippen LogP contribution >= 0.6 is 0 Å². The third-order valence-electron chi connectivity index (χ3n) is 15.0. The molecule has 0 unspecified atom stereocenters. The van der Waals surface area contributed by atoms with Gasteiger partial charge in [-0.15, -0.1) is 0 Å². The number of amides is 2. The SMILES string of the molecule is CC(C)(C)OC(=O)Nc1ccc2ccccc2c1-c1c(C(O)(c2ccccc2)c2ccccc2)ccc2ccccc12.CC(C)(C)OC(=O)Nc1ccc2ccccc2c1-c1c(C(O)(c2ccccc2)c2ccccc2)ccc2ccccc12. The normalized spacial score (nSPS) is 11.9. The average Bonchev–Trinajstić information content (AvgIpc) is 1.20. The lowest BCUT2D eigenvalue weighted by Crippen LogP contribution is -2.30. The maximum Gasteiger partial charge on any atom is 0.412 e. The molecule has 12 aromatic rings. The Labute approximate surface area is 490 Å². The highest BCUT2D eigenvalue weighted by atomic mass is 16.6. The summed E-state index contributed by atoms with van der Waals surface area (Å²) in [7, 11) is 0. The first-order valence-corrected chi connectivity index (χ1v) is 28.3. The molecule has 0 aliphatic rings. The van der Waals surface area contributed by atoms with E-state index in [2.05, 4.69) is 71.3 Å². The first-order chi connectivity index (χ1) is 40.5. The maximum absolute atomic E-state index is 13.2. The van der Waals surface area contributed by atoms with Crippen LogP contribution in [0.3, 0.4) is 0 Å². The zero-order valence-electron chi connectivity index (χ0n) is 47.9. The lowest BCUT2D eigenvalue weighted by Gasteiger charge is -2.33. The van der Waals surface area contributed by atoms with Crippen LogP contribution in [0.25, 0.3) is 65.3 Å². The molecule has 2 amide bonds. The Morgan fingerprint density at radius 1 is 0.298 bits per heavy atom. The fraction of sp³-hybridized carbons (Fsp3) is 0.132. The van der Waals surface area contributed by atoms with Crippen molar-refractivity contribution in [2.75, 3.05) is 10.6 Å². The minimum atomic E-state index is -1.50. The van der Waals surface area contributed by atoms with Gasteiger partial charge < -0.3 is 19.7 Å². The zero-order valence-corrected chi connectivity index (χ0v) is 47.9. The number of hydrogen-bond donors (Lipinski definition) is 4. The highest BCUT2D eigenvalue weighted by Gasteiger charge is 2.39. The molecule has 0 saturated heterocycles. The minimum absolute atomic E-state index is 0.540. The molecule has 0 aliphatic heterocycles. The van der Waals surface area contributed by atoms with Crippen molar-refractivity contribution < 1.29 is 29.3 Å². The van der Waals surface area contributed by atoms with Crippen LogP contribution in [-0.2, 0) is 20.7 Å². The van der Waals surface area contributed by atoms with Gasteiger partial charge in [0.05, 0.1) is 11.4 Å². The number of ether oxygens (including phenoxy) is 2. The Hall–Kier alpha value is -9.86. The molecule has 0 saturated carbocycles. The Morgan fingerprint density at radius 3 is 0.810 bits per heavy atom. The van der Waals surface area contributed by atoms with E-state index in [1.165, 1.54) is 0 Å². The summed E-state index contributed by atoms with van der Waals surface area (Å²) < 4.78 is 11.3. The third-order valence-corrected chi connectivity index (χ3v) is 15.0. The van der Waals surface area contributed by atoms with Gasteiger partial charge in [0, 0.05) is 22.3 Å². The molecule has 0 bridgehead atoms. The highest BCUT2D eigenvalue weighted by Crippen LogP contribution is 2.50. The van der Waals surface area contributed by atoms with E-state index in [-0.39, 0.29) is 0 Å². The molecular formula is C76H66N2O6. The number of aliphatic hydroxyl groups is 2. The van der Waals surface area contributed by atoms with Crippen LogP contribution in [0.1, 0.15) is 74.9 Å². The monoisotopic (exact) mass is 1100 g/mol. The Bertz CT molecular complexity index is 3980. The van der Waals surface area contributed by atoms with E-state index in [9.17, 15) is 19.8 Å². The fourth-order valence-electron chi connectivity index (χ4n) is 11.5. The van der Waals surface area contributed by atoms with E-state index in [0.29, 0.717) is 22.5 Å². The second-order valence-electron chi connectivity index (χ2n) is 23.0. The summed E-state index contributed by atoms with van der Waals surface area (Å²) in [6.07, 6.45) is -1.08. The van der Waals surface area contributed by atoms with Gasteiger partial charge in [0.1, 0.15) is 22.4 Å². The molecule has 0 atom stereocenters. The quantitative estimate of drug-likeness (QED) is 0.101. The van der Waals surface area contributed by atoms with Gasteiger partial charge in [0.2, 0.25) is 0 Å². The van der Waals surface area contributed by atoms with Gasteiger partial charge in [-0.3, -0.25) is 10.6 Å². The van der Waals surface area contributed by atoms with Crippen LogP contribution in [0.15, 0.2) is 267 Å². The fourth-order valence-corrected chi connectivity index (χ4v) is 11.5. The average molecular weight is 1100 g/mol. The molecule has 0 spiro atoms. The Kier molecular flexibility index (Phi) is 15.5. The topological polar surface area (TPSA) is 117 Å². The molecular weight excluding hydrogens is 1040 g/mol. The molecule has 416 valence electrons. The smallest absolute Gasteiger partial charge is 0.412 e. The second kappa shape index (κ2) is 23.2. The number of rotatable bonds is 10. The van der Waals surface area contributed by atoms with Crippen molar-refractivity contribution in [1.29, 1.82) is 0 Å². The number of fused-ring (bicyclic) bond motifs is 4. The lowest BCUT2D eigenvalue weighted by atomic mass is 9.75. The third kappa shape index (κ3) is 11.3. The predicted molar refractivity (Wildman–Crippen MR) is 343 cm³/mol. The van der Waals surface area contributed by atoms with Crippen LogP contribution in [0.4, 0.5) is 21.0 Å². The Morgan fingerprint density at radius 2 is 0.536 bits per heavy atom.